The number of alkyl halides is 1. The molecule has 110 valence electrons. The van der Waals surface area contributed by atoms with Gasteiger partial charge in [-0.25, -0.2) is 4.39 Å². The molecule has 0 radical (unpaired) electrons. The zero-order chi connectivity index (χ0) is 14.6. The summed E-state index contributed by atoms with van der Waals surface area (Å²) in [5, 5.41) is 0.618. The number of esters is 1. The van der Waals surface area contributed by atoms with Crippen molar-refractivity contribution < 1.29 is 13.9 Å². The lowest BCUT2D eigenvalue weighted by Crippen LogP contribution is -2.41. The van der Waals surface area contributed by atoms with E-state index in [1.54, 1.807) is 24.3 Å². The molecule has 5 heteroatoms. The van der Waals surface area contributed by atoms with Gasteiger partial charge in [0.25, 0.3) is 0 Å². The first-order valence-electron chi connectivity index (χ1n) is 6.78. The summed E-state index contributed by atoms with van der Waals surface area (Å²) >= 11 is 5.83. The van der Waals surface area contributed by atoms with E-state index < -0.39 is 5.67 Å². The zero-order valence-electron chi connectivity index (χ0n) is 11.6. The van der Waals surface area contributed by atoms with Gasteiger partial charge < -0.3 is 9.64 Å². The van der Waals surface area contributed by atoms with Crippen LogP contribution >= 0.6 is 11.6 Å². The number of benzene rings is 1. The van der Waals surface area contributed by atoms with E-state index in [0.29, 0.717) is 49.5 Å². The van der Waals surface area contributed by atoms with Crippen LogP contribution in [0.4, 0.5) is 4.39 Å². The van der Waals surface area contributed by atoms with Crippen molar-refractivity contribution in [3.05, 3.63) is 34.9 Å². The third-order valence-electron chi connectivity index (χ3n) is 3.87. The smallest absolute Gasteiger partial charge is 0.306 e. The van der Waals surface area contributed by atoms with Crippen molar-refractivity contribution >= 4 is 17.6 Å². The summed E-state index contributed by atoms with van der Waals surface area (Å²) in [6.45, 7) is 1.93. The molecule has 1 fully saturated rings. The van der Waals surface area contributed by atoms with Gasteiger partial charge in [0.2, 0.25) is 0 Å². The summed E-state index contributed by atoms with van der Waals surface area (Å²) < 4.78 is 19.5. The van der Waals surface area contributed by atoms with Crippen LogP contribution < -0.4 is 0 Å². The molecule has 0 saturated carbocycles. The molecule has 0 aliphatic carbocycles. The van der Waals surface area contributed by atoms with Crippen LogP contribution in [0.1, 0.15) is 24.8 Å². The number of rotatable bonds is 4. The van der Waals surface area contributed by atoms with Gasteiger partial charge in [0, 0.05) is 24.7 Å². The topological polar surface area (TPSA) is 29.5 Å². The van der Waals surface area contributed by atoms with Crippen molar-refractivity contribution in [2.45, 2.75) is 24.9 Å². The molecule has 1 aromatic carbocycles. The number of hydrogen-bond acceptors (Lipinski definition) is 3. The summed E-state index contributed by atoms with van der Waals surface area (Å²) in [5.74, 6) is -0.222. The Morgan fingerprint density at radius 2 is 1.95 bits per heavy atom. The molecule has 1 aliphatic rings. The Hall–Kier alpha value is -1.13. The minimum Gasteiger partial charge on any atom is -0.469 e. The molecule has 0 aromatic heterocycles. The highest BCUT2D eigenvalue weighted by molar-refractivity contribution is 6.30. The van der Waals surface area contributed by atoms with E-state index in [-0.39, 0.29) is 5.97 Å². The van der Waals surface area contributed by atoms with E-state index in [2.05, 4.69) is 9.64 Å². The molecule has 0 atom stereocenters. The number of likely N-dealkylation sites (tertiary alicyclic amines) is 1. The van der Waals surface area contributed by atoms with Crippen molar-refractivity contribution in [1.82, 2.24) is 4.90 Å². The number of carbonyl (C=O) groups is 1. The Kier molecular flexibility index (Phi) is 5.00. The Morgan fingerprint density at radius 1 is 1.35 bits per heavy atom. The summed E-state index contributed by atoms with van der Waals surface area (Å²) in [5.41, 5.74) is -0.596. The third-order valence-corrected chi connectivity index (χ3v) is 4.12. The van der Waals surface area contributed by atoms with E-state index in [1.165, 1.54) is 7.11 Å². The largest absolute Gasteiger partial charge is 0.469 e. The molecule has 1 saturated heterocycles. The van der Waals surface area contributed by atoms with Gasteiger partial charge in [-0.2, -0.15) is 0 Å². The summed E-state index contributed by atoms with van der Waals surface area (Å²) in [6, 6.07) is 6.96. The molecule has 20 heavy (non-hydrogen) atoms. The van der Waals surface area contributed by atoms with Crippen LogP contribution in [0.2, 0.25) is 5.02 Å². The highest BCUT2D eigenvalue weighted by Gasteiger charge is 2.36. The Balaban J connectivity index is 1.89. The number of halogens is 2. The molecule has 0 spiro atoms. The second-order valence-electron chi connectivity index (χ2n) is 5.14. The molecule has 1 heterocycles. The quantitative estimate of drug-likeness (QED) is 0.800. The van der Waals surface area contributed by atoms with Crippen molar-refractivity contribution in [2.75, 3.05) is 26.7 Å². The number of carbonyl (C=O) groups excluding carboxylic acids is 1. The van der Waals surface area contributed by atoms with Gasteiger partial charge in [-0.05, 0) is 30.5 Å². The summed E-state index contributed by atoms with van der Waals surface area (Å²) in [4.78, 5) is 13.2. The molecule has 1 aliphatic heterocycles. The van der Waals surface area contributed by atoms with Gasteiger partial charge in [0.15, 0.2) is 0 Å². The highest BCUT2D eigenvalue weighted by atomic mass is 35.5. The minimum absolute atomic E-state index is 0.222. The molecule has 0 amide bonds. The summed E-state index contributed by atoms with van der Waals surface area (Å²) in [7, 11) is 1.38. The molecule has 0 N–H and O–H groups in total. The first-order chi connectivity index (χ1) is 9.53. The van der Waals surface area contributed by atoms with E-state index in [1.807, 2.05) is 0 Å². The number of hydrogen-bond donors (Lipinski definition) is 0. The molecule has 0 bridgehead atoms. The van der Waals surface area contributed by atoms with E-state index >= 15 is 0 Å². The predicted octanol–water partition coefficient (Wildman–Crippen LogP) is 3.16. The van der Waals surface area contributed by atoms with Crippen molar-refractivity contribution in [3.8, 4) is 0 Å². The van der Waals surface area contributed by atoms with Crippen LogP contribution in [0.5, 0.6) is 0 Å². The lowest BCUT2D eigenvalue weighted by Gasteiger charge is -2.36. The van der Waals surface area contributed by atoms with E-state index in [4.69, 9.17) is 11.6 Å². The van der Waals surface area contributed by atoms with Crippen molar-refractivity contribution in [1.29, 1.82) is 0 Å². The van der Waals surface area contributed by atoms with Crippen LogP contribution in [0.25, 0.3) is 0 Å². The SMILES string of the molecule is COC(=O)CCN1CCC(F)(c2ccc(Cl)cc2)CC1. The maximum absolute atomic E-state index is 14.9. The molecule has 1 aromatic rings. The maximum Gasteiger partial charge on any atom is 0.306 e. The number of piperidine rings is 1. The lowest BCUT2D eigenvalue weighted by atomic mass is 9.86. The average molecular weight is 300 g/mol. The van der Waals surface area contributed by atoms with Gasteiger partial charge in [0.05, 0.1) is 13.5 Å². The molecule has 2 rings (SSSR count). The number of ether oxygens (including phenoxy) is 1. The van der Waals surface area contributed by atoms with Crippen molar-refractivity contribution in [3.63, 3.8) is 0 Å². The Bertz CT molecular complexity index is 455. The zero-order valence-corrected chi connectivity index (χ0v) is 12.3. The predicted molar refractivity (Wildman–Crippen MR) is 76.5 cm³/mol. The molecule has 3 nitrogen and oxygen atoms in total. The van der Waals surface area contributed by atoms with Gasteiger partial charge in [0.1, 0.15) is 5.67 Å². The van der Waals surface area contributed by atoms with E-state index in [0.717, 1.165) is 0 Å². The van der Waals surface area contributed by atoms with Crippen LogP contribution in [0.3, 0.4) is 0 Å². The second kappa shape index (κ2) is 6.55. The van der Waals surface area contributed by atoms with E-state index in [9.17, 15) is 9.18 Å². The first-order valence-corrected chi connectivity index (χ1v) is 7.15. The average Bonchev–Trinajstić information content (AvgIpc) is 2.47. The van der Waals surface area contributed by atoms with Gasteiger partial charge in [-0.15, -0.1) is 0 Å². The highest BCUT2D eigenvalue weighted by Crippen LogP contribution is 2.37. The number of nitrogens with zero attached hydrogens (tertiary/aromatic N) is 1. The summed E-state index contributed by atoms with van der Waals surface area (Å²) in [6.07, 6.45) is 1.24. The Labute approximate surface area is 123 Å². The fourth-order valence-electron chi connectivity index (χ4n) is 2.52. The Morgan fingerprint density at radius 3 is 2.50 bits per heavy atom. The molecular formula is C15H19ClFNO2. The van der Waals surface area contributed by atoms with Crippen LogP contribution in [0, 0.1) is 0 Å². The normalized spacial score (nSPS) is 18.8. The van der Waals surface area contributed by atoms with Gasteiger partial charge >= 0.3 is 5.97 Å². The standard InChI is InChI=1S/C15H19ClFNO2/c1-20-14(19)6-9-18-10-7-15(17,8-11-18)12-2-4-13(16)5-3-12/h2-5H,6-11H2,1H3. The van der Waals surface area contributed by atoms with Crippen molar-refractivity contribution in [2.24, 2.45) is 0 Å². The minimum atomic E-state index is -1.29. The van der Waals surface area contributed by atoms with Gasteiger partial charge in [-0.1, -0.05) is 23.7 Å². The van der Waals surface area contributed by atoms with Gasteiger partial charge in [-0.3, -0.25) is 4.79 Å². The molecular weight excluding hydrogens is 281 g/mol. The monoisotopic (exact) mass is 299 g/mol. The number of methoxy groups -OCH3 is 1. The first kappa shape index (κ1) is 15.3. The second-order valence-corrected chi connectivity index (χ2v) is 5.58. The van der Waals surface area contributed by atoms with Crippen LogP contribution in [-0.2, 0) is 15.2 Å². The van der Waals surface area contributed by atoms with Crippen LogP contribution in [-0.4, -0.2) is 37.6 Å². The van der Waals surface area contributed by atoms with Crippen LogP contribution in [0.15, 0.2) is 24.3 Å². The third kappa shape index (κ3) is 3.70. The fraction of sp³-hybridized carbons (Fsp3) is 0.533. The molecule has 0 unspecified atom stereocenters. The maximum atomic E-state index is 14.9. The fourth-order valence-corrected chi connectivity index (χ4v) is 2.65. The lowest BCUT2D eigenvalue weighted by molar-refractivity contribution is -0.141.